The summed E-state index contributed by atoms with van der Waals surface area (Å²) in [7, 11) is 0. The highest BCUT2D eigenvalue weighted by Gasteiger charge is 1.98. The van der Waals surface area contributed by atoms with Crippen LogP contribution in [0.3, 0.4) is 0 Å². The molecule has 20 heavy (non-hydrogen) atoms. The number of hydrogen-bond acceptors (Lipinski definition) is 2. The van der Waals surface area contributed by atoms with E-state index in [1.807, 2.05) is 6.07 Å². The number of anilines is 1. The van der Waals surface area contributed by atoms with E-state index in [0.717, 1.165) is 5.56 Å². The van der Waals surface area contributed by atoms with E-state index in [0.29, 0.717) is 11.3 Å². The van der Waals surface area contributed by atoms with Crippen molar-refractivity contribution in [3.63, 3.8) is 0 Å². The molecule has 0 aliphatic rings. The van der Waals surface area contributed by atoms with Gasteiger partial charge in [0.05, 0.1) is 11.6 Å². The molecule has 1 amide bonds. The van der Waals surface area contributed by atoms with Crippen molar-refractivity contribution in [1.29, 1.82) is 5.26 Å². The van der Waals surface area contributed by atoms with Crippen LogP contribution in [0.2, 0.25) is 0 Å². The van der Waals surface area contributed by atoms with Crippen molar-refractivity contribution in [2.24, 2.45) is 0 Å². The predicted octanol–water partition coefficient (Wildman–Crippen LogP) is 3.35. The molecular formula is C16H11FN2O. The maximum absolute atomic E-state index is 12.7. The molecule has 0 aliphatic carbocycles. The van der Waals surface area contributed by atoms with Gasteiger partial charge in [-0.05, 0) is 48.0 Å². The van der Waals surface area contributed by atoms with Gasteiger partial charge in [-0.3, -0.25) is 4.79 Å². The molecule has 0 heterocycles. The molecule has 0 atom stereocenters. The average Bonchev–Trinajstić information content (AvgIpc) is 2.47. The predicted molar refractivity (Wildman–Crippen MR) is 75.2 cm³/mol. The first-order chi connectivity index (χ1) is 9.67. The van der Waals surface area contributed by atoms with E-state index in [1.165, 1.54) is 18.2 Å². The summed E-state index contributed by atoms with van der Waals surface area (Å²) in [4.78, 5) is 11.7. The van der Waals surface area contributed by atoms with Crippen LogP contribution < -0.4 is 5.32 Å². The zero-order valence-electron chi connectivity index (χ0n) is 10.5. The number of rotatable bonds is 3. The van der Waals surface area contributed by atoms with Crippen molar-refractivity contribution in [1.82, 2.24) is 0 Å². The van der Waals surface area contributed by atoms with Crippen molar-refractivity contribution in [2.45, 2.75) is 0 Å². The lowest BCUT2D eigenvalue weighted by Crippen LogP contribution is -2.07. The lowest BCUT2D eigenvalue weighted by Gasteiger charge is -2.01. The van der Waals surface area contributed by atoms with Crippen LogP contribution in [0, 0.1) is 17.1 Å². The summed E-state index contributed by atoms with van der Waals surface area (Å²) in [6.07, 6.45) is 2.96. The fourth-order valence-electron chi connectivity index (χ4n) is 1.56. The smallest absolute Gasteiger partial charge is 0.248 e. The molecule has 4 heteroatoms. The van der Waals surface area contributed by atoms with Gasteiger partial charge in [0.2, 0.25) is 5.91 Å². The monoisotopic (exact) mass is 266 g/mol. The molecule has 0 saturated carbocycles. The molecule has 1 N–H and O–H groups in total. The van der Waals surface area contributed by atoms with Crippen LogP contribution in [-0.2, 0) is 4.79 Å². The number of nitriles is 1. The third kappa shape index (κ3) is 3.79. The molecular weight excluding hydrogens is 255 g/mol. The Morgan fingerprint density at radius 2 is 1.75 bits per heavy atom. The first-order valence-electron chi connectivity index (χ1n) is 5.92. The third-order valence-electron chi connectivity index (χ3n) is 2.58. The zero-order chi connectivity index (χ0) is 14.4. The highest BCUT2D eigenvalue weighted by Crippen LogP contribution is 2.09. The summed E-state index contributed by atoms with van der Waals surface area (Å²) in [6.45, 7) is 0. The van der Waals surface area contributed by atoms with Crippen LogP contribution in [-0.4, -0.2) is 5.91 Å². The fraction of sp³-hybridized carbons (Fsp3) is 0. The molecule has 0 aliphatic heterocycles. The van der Waals surface area contributed by atoms with Crippen LogP contribution in [0.25, 0.3) is 6.08 Å². The summed E-state index contributed by atoms with van der Waals surface area (Å²) < 4.78 is 12.7. The fourth-order valence-corrected chi connectivity index (χ4v) is 1.56. The van der Waals surface area contributed by atoms with E-state index >= 15 is 0 Å². The van der Waals surface area contributed by atoms with Crippen LogP contribution in [0.1, 0.15) is 11.1 Å². The average molecular weight is 266 g/mol. The largest absolute Gasteiger partial charge is 0.323 e. The molecule has 0 radical (unpaired) electrons. The Hall–Kier alpha value is -2.93. The summed E-state index contributed by atoms with van der Waals surface area (Å²) in [5, 5.41) is 11.3. The molecule has 0 aromatic heterocycles. The normalized spacial score (nSPS) is 10.2. The Bertz CT molecular complexity index is 667. The Morgan fingerprint density at radius 1 is 1.10 bits per heavy atom. The number of carbonyl (C=O) groups is 1. The molecule has 98 valence electrons. The molecule has 0 spiro atoms. The molecule has 2 aromatic rings. The van der Waals surface area contributed by atoms with E-state index in [9.17, 15) is 9.18 Å². The minimum atomic E-state index is -0.316. The molecule has 3 nitrogen and oxygen atoms in total. The molecule has 0 unspecified atom stereocenters. The molecule has 2 aromatic carbocycles. The number of nitrogens with zero attached hydrogens (tertiary/aromatic N) is 1. The lowest BCUT2D eigenvalue weighted by atomic mass is 10.2. The third-order valence-corrected chi connectivity index (χ3v) is 2.58. The van der Waals surface area contributed by atoms with Gasteiger partial charge < -0.3 is 5.32 Å². The second-order valence-electron chi connectivity index (χ2n) is 4.06. The Morgan fingerprint density at radius 3 is 2.35 bits per heavy atom. The van der Waals surface area contributed by atoms with Gasteiger partial charge >= 0.3 is 0 Å². The number of benzene rings is 2. The number of amides is 1. The van der Waals surface area contributed by atoms with E-state index in [4.69, 9.17) is 5.26 Å². The van der Waals surface area contributed by atoms with Crippen molar-refractivity contribution in [2.75, 3.05) is 5.32 Å². The number of halogens is 1. The highest BCUT2D eigenvalue weighted by atomic mass is 19.1. The summed E-state index contributed by atoms with van der Waals surface area (Å²) in [5.41, 5.74) is 1.88. The number of hydrogen-bond donors (Lipinski definition) is 1. The Labute approximate surface area is 116 Å². The minimum absolute atomic E-state index is 0.293. The van der Waals surface area contributed by atoms with Gasteiger partial charge in [0.15, 0.2) is 0 Å². The molecule has 2 rings (SSSR count). The highest BCUT2D eigenvalue weighted by molar-refractivity contribution is 6.01. The quantitative estimate of drug-likeness (QED) is 0.866. The first-order valence-corrected chi connectivity index (χ1v) is 5.92. The van der Waals surface area contributed by atoms with E-state index < -0.39 is 0 Å². The van der Waals surface area contributed by atoms with E-state index in [2.05, 4.69) is 5.32 Å². The van der Waals surface area contributed by atoms with Gasteiger partial charge in [-0.15, -0.1) is 0 Å². The summed E-state index contributed by atoms with van der Waals surface area (Å²) in [6, 6.07) is 14.4. The number of nitrogens with one attached hydrogen (secondary N) is 1. The van der Waals surface area contributed by atoms with Crippen molar-refractivity contribution >= 4 is 17.7 Å². The summed E-state index contributed by atoms with van der Waals surface area (Å²) >= 11 is 0. The van der Waals surface area contributed by atoms with Crippen molar-refractivity contribution in [3.05, 3.63) is 71.6 Å². The van der Waals surface area contributed by atoms with Gasteiger partial charge in [-0.1, -0.05) is 12.1 Å². The molecule has 0 saturated heterocycles. The Kier molecular flexibility index (Phi) is 4.25. The van der Waals surface area contributed by atoms with Crippen molar-refractivity contribution < 1.29 is 9.18 Å². The zero-order valence-corrected chi connectivity index (χ0v) is 10.5. The van der Waals surface area contributed by atoms with Gasteiger partial charge in [-0.2, -0.15) is 5.26 Å². The van der Waals surface area contributed by atoms with Gasteiger partial charge in [0.25, 0.3) is 0 Å². The second kappa shape index (κ2) is 6.30. The van der Waals surface area contributed by atoms with Crippen LogP contribution >= 0.6 is 0 Å². The molecule has 0 fully saturated rings. The lowest BCUT2D eigenvalue weighted by molar-refractivity contribution is -0.111. The van der Waals surface area contributed by atoms with Gasteiger partial charge in [0.1, 0.15) is 5.82 Å². The summed E-state index contributed by atoms with van der Waals surface area (Å²) in [5.74, 6) is -0.608. The van der Waals surface area contributed by atoms with Gasteiger partial charge in [-0.25, -0.2) is 4.39 Å². The standard InChI is InChI=1S/C16H11FN2O/c17-14-6-1-12(2-7-14)5-10-16(20)19-15-8-3-13(11-18)4-9-15/h1-10H,(H,19,20)/b10-5+. The second-order valence-corrected chi connectivity index (χ2v) is 4.06. The van der Waals surface area contributed by atoms with E-state index in [-0.39, 0.29) is 11.7 Å². The van der Waals surface area contributed by atoms with E-state index in [1.54, 1.807) is 42.5 Å². The van der Waals surface area contributed by atoms with Crippen molar-refractivity contribution in [3.8, 4) is 6.07 Å². The Balaban J connectivity index is 1.98. The molecule has 0 bridgehead atoms. The van der Waals surface area contributed by atoms with Crippen LogP contribution in [0.5, 0.6) is 0 Å². The topological polar surface area (TPSA) is 52.9 Å². The number of carbonyl (C=O) groups excluding carboxylic acids is 1. The van der Waals surface area contributed by atoms with Crippen LogP contribution in [0.15, 0.2) is 54.6 Å². The van der Waals surface area contributed by atoms with Crippen LogP contribution in [0.4, 0.5) is 10.1 Å². The SMILES string of the molecule is N#Cc1ccc(NC(=O)/C=C/c2ccc(F)cc2)cc1. The first kappa shape index (κ1) is 13.5. The maximum atomic E-state index is 12.7. The minimum Gasteiger partial charge on any atom is -0.323 e. The van der Waals surface area contributed by atoms with Gasteiger partial charge in [0, 0.05) is 11.8 Å². The maximum Gasteiger partial charge on any atom is 0.248 e.